The molecule has 186 valence electrons. The van der Waals surface area contributed by atoms with Gasteiger partial charge in [-0.1, -0.05) is 47.1 Å². The van der Waals surface area contributed by atoms with Crippen LogP contribution in [0.2, 0.25) is 10.0 Å². The molecule has 4 aromatic rings. The SMILES string of the molecule is COc1ccc(CCNC(=O)CSc2nc3ccc(N=Cc4ccc(Cl)cc4Cl)cc3s2)cc1OC. The molecule has 0 unspecified atom stereocenters. The molecule has 1 N–H and O–H groups in total. The van der Waals surface area contributed by atoms with Gasteiger partial charge in [-0.05, 0) is 54.4 Å². The van der Waals surface area contributed by atoms with Crippen LogP contribution in [0.4, 0.5) is 5.69 Å². The topological polar surface area (TPSA) is 72.8 Å². The molecule has 1 amide bonds. The molecule has 1 aromatic heterocycles. The van der Waals surface area contributed by atoms with E-state index in [9.17, 15) is 4.79 Å². The summed E-state index contributed by atoms with van der Waals surface area (Å²) in [5, 5.41) is 4.09. The van der Waals surface area contributed by atoms with Crippen molar-refractivity contribution in [3.63, 3.8) is 0 Å². The average molecular weight is 561 g/mol. The molecule has 0 spiro atoms. The maximum absolute atomic E-state index is 12.3. The summed E-state index contributed by atoms with van der Waals surface area (Å²) in [7, 11) is 3.21. The zero-order chi connectivity index (χ0) is 25.5. The first kappa shape index (κ1) is 26.3. The molecule has 10 heteroatoms. The van der Waals surface area contributed by atoms with Gasteiger partial charge in [-0.25, -0.2) is 4.98 Å². The van der Waals surface area contributed by atoms with E-state index < -0.39 is 0 Å². The molecular formula is C26H23Cl2N3O3S2. The third-order valence-corrected chi connectivity index (χ3v) is 7.90. The minimum Gasteiger partial charge on any atom is -0.493 e. The van der Waals surface area contributed by atoms with Crippen LogP contribution in [0.15, 0.2) is 63.9 Å². The summed E-state index contributed by atoms with van der Waals surface area (Å²) in [5.74, 6) is 1.62. The predicted molar refractivity (Wildman–Crippen MR) is 150 cm³/mol. The summed E-state index contributed by atoms with van der Waals surface area (Å²) in [4.78, 5) is 21.5. The van der Waals surface area contributed by atoms with Crippen molar-refractivity contribution >= 4 is 74.3 Å². The van der Waals surface area contributed by atoms with E-state index in [0.717, 1.165) is 31.4 Å². The van der Waals surface area contributed by atoms with E-state index in [4.69, 9.17) is 32.7 Å². The number of fused-ring (bicyclic) bond motifs is 1. The second-order valence-electron chi connectivity index (χ2n) is 7.63. The van der Waals surface area contributed by atoms with Crippen LogP contribution in [0.5, 0.6) is 11.5 Å². The van der Waals surface area contributed by atoms with E-state index in [0.29, 0.717) is 40.3 Å². The summed E-state index contributed by atoms with van der Waals surface area (Å²) in [6.07, 6.45) is 2.41. The Balaban J connectivity index is 1.29. The van der Waals surface area contributed by atoms with Gasteiger partial charge >= 0.3 is 0 Å². The maximum Gasteiger partial charge on any atom is 0.230 e. The summed E-state index contributed by atoms with van der Waals surface area (Å²) >= 11 is 15.1. The Morgan fingerprint density at radius 2 is 1.92 bits per heavy atom. The van der Waals surface area contributed by atoms with Gasteiger partial charge in [-0.2, -0.15) is 0 Å². The summed E-state index contributed by atoms with van der Waals surface area (Å²) in [6.45, 7) is 0.535. The Hall–Kier alpha value is -2.78. The number of benzene rings is 3. The number of hydrogen-bond donors (Lipinski definition) is 1. The molecule has 6 nitrogen and oxygen atoms in total. The number of carbonyl (C=O) groups excluding carboxylic acids is 1. The van der Waals surface area contributed by atoms with Crippen LogP contribution in [0.3, 0.4) is 0 Å². The number of carbonyl (C=O) groups is 1. The first-order chi connectivity index (χ1) is 17.4. The molecular weight excluding hydrogens is 537 g/mol. The van der Waals surface area contributed by atoms with Gasteiger partial charge in [-0.3, -0.25) is 9.79 Å². The van der Waals surface area contributed by atoms with Crippen molar-refractivity contribution in [3.05, 3.63) is 75.8 Å². The second-order valence-corrected chi connectivity index (χ2v) is 10.7. The predicted octanol–water partition coefficient (Wildman–Crippen LogP) is 6.82. The fraction of sp³-hybridized carbons (Fsp3) is 0.192. The molecule has 36 heavy (non-hydrogen) atoms. The van der Waals surface area contributed by atoms with Crippen molar-refractivity contribution < 1.29 is 14.3 Å². The van der Waals surface area contributed by atoms with Crippen LogP contribution in [-0.4, -0.2) is 43.6 Å². The highest BCUT2D eigenvalue weighted by Gasteiger charge is 2.09. The number of nitrogens with zero attached hydrogens (tertiary/aromatic N) is 2. The fourth-order valence-corrected chi connectivity index (χ4v) is 5.73. The Bertz CT molecular complexity index is 1410. The van der Waals surface area contributed by atoms with E-state index in [1.165, 1.54) is 23.1 Å². The zero-order valence-electron chi connectivity index (χ0n) is 19.6. The lowest BCUT2D eigenvalue weighted by molar-refractivity contribution is -0.118. The summed E-state index contributed by atoms with van der Waals surface area (Å²) in [5.41, 5.74) is 3.52. The van der Waals surface area contributed by atoms with Crippen molar-refractivity contribution in [2.45, 2.75) is 10.8 Å². The number of aromatic nitrogens is 1. The number of thioether (sulfide) groups is 1. The van der Waals surface area contributed by atoms with Crippen LogP contribution in [0.1, 0.15) is 11.1 Å². The third kappa shape index (κ3) is 6.91. The fourth-order valence-electron chi connectivity index (χ4n) is 3.35. The van der Waals surface area contributed by atoms with Crippen LogP contribution in [0, 0.1) is 0 Å². The normalized spacial score (nSPS) is 11.2. The molecule has 0 bridgehead atoms. The van der Waals surface area contributed by atoms with Gasteiger partial charge in [0.15, 0.2) is 15.8 Å². The van der Waals surface area contributed by atoms with Crippen LogP contribution in [-0.2, 0) is 11.2 Å². The van der Waals surface area contributed by atoms with E-state index >= 15 is 0 Å². The Kier molecular flexibility index (Phi) is 9.09. The highest BCUT2D eigenvalue weighted by atomic mass is 35.5. The van der Waals surface area contributed by atoms with Gasteiger partial charge in [0.1, 0.15) is 0 Å². The van der Waals surface area contributed by atoms with E-state index in [1.54, 1.807) is 32.6 Å². The lowest BCUT2D eigenvalue weighted by atomic mass is 10.1. The average Bonchev–Trinajstić information content (AvgIpc) is 3.29. The van der Waals surface area contributed by atoms with Gasteiger partial charge in [0.05, 0.1) is 40.9 Å². The van der Waals surface area contributed by atoms with Crippen molar-refractivity contribution in [1.82, 2.24) is 10.3 Å². The van der Waals surface area contributed by atoms with E-state index in [1.807, 2.05) is 42.5 Å². The summed E-state index contributed by atoms with van der Waals surface area (Å²) in [6, 6.07) is 16.8. The largest absolute Gasteiger partial charge is 0.493 e. The lowest BCUT2D eigenvalue weighted by Crippen LogP contribution is -2.27. The quantitative estimate of drug-likeness (QED) is 0.170. The van der Waals surface area contributed by atoms with Gasteiger partial charge in [-0.15, -0.1) is 11.3 Å². The van der Waals surface area contributed by atoms with Gasteiger partial charge < -0.3 is 14.8 Å². The number of hydrogen-bond acceptors (Lipinski definition) is 7. The second kappa shape index (κ2) is 12.5. The van der Waals surface area contributed by atoms with Crippen LogP contribution < -0.4 is 14.8 Å². The molecule has 0 aliphatic carbocycles. The first-order valence-corrected chi connectivity index (χ1v) is 13.5. The first-order valence-electron chi connectivity index (χ1n) is 11.0. The third-order valence-electron chi connectivity index (χ3n) is 5.18. The summed E-state index contributed by atoms with van der Waals surface area (Å²) < 4.78 is 12.4. The molecule has 0 saturated heterocycles. The van der Waals surface area contributed by atoms with E-state index in [-0.39, 0.29) is 5.91 Å². The van der Waals surface area contributed by atoms with Crippen molar-refractivity contribution in [1.29, 1.82) is 0 Å². The standard InChI is InChI=1S/C26H23Cl2N3O3S2/c1-33-22-8-3-16(11-23(22)34-2)9-10-29-25(32)15-35-26-31-21-7-6-19(13-24(21)36-26)30-14-17-4-5-18(27)12-20(17)28/h3-8,11-14H,9-10,15H2,1-2H3,(H,29,32). The number of rotatable bonds is 10. The number of ether oxygens (including phenoxy) is 2. The molecule has 0 aliphatic rings. The molecule has 0 atom stereocenters. The zero-order valence-corrected chi connectivity index (χ0v) is 22.7. The monoisotopic (exact) mass is 559 g/mol. The number of nitrogens with one attached hydrogen (secondary N) is 1. The number of thiazole rings is 1. The minimum absolute atomic E-state index is 0.0372. The Labute approximate surface area is 227 Å². The van der Waals surface area contributed by atoms with Gasteiger partial charge in [0, 0.05) is 23.3 Å². The molecule has 1 heterocycles. The van der Waals surface area contributed by atoms with Gasteiger partial charge in [0.25, 0.3) is 0 Å². The van der Waals surface area contributed by atoms with E-state index in [2.05, 4.69) is 15.3 Å². The number of aliphatic imine (C=N–C) groups is 1. The molecule has 0 saturated carbocycles. The highest BCUT2D eigenvalue weighted by Crippen LogP contribution is 2.32. The smallest absolute Gasteiger partial charge is 0.230 e. The maximum atomic E-state index is 12.3. The molecule has 0 aliphatic heterocycles. The lowest BCUT2D eigenvalue weighted by Gasteiger charge is -2.10. The van der Waals surface area contributed by atoms with Crippen molar-refractivity contribution in [2.24, 2.45) is 4.99 Å². The Morgan fingerprint density at radius 1 is 1.08 bits per heavy atom. The molecule has 0 fully saturated rings. The number of methoxy groups -OCH3 is 2. The Morgan fingerprint density at radius 3 is 2.69 bits per heavy atom. The number of amides is 1. The molecule has 3 aromatic carbocycles. The van der Waals surface area contributed by atoms with Crippen molar-refractivity contribution in [3.8, 4) is 11.5 Å². The van der Waals surface area contributed by atoms with Gasteiger partial charge in [0.2, 0.25) is 5.91 Å². The number of halogens is 2. The van der Waals surface area contributed by atoms with Crippen LogP contribution >= 0.6 is 46.3 Å². The van der Waals surface area contributed by atoms with Crippen LogP contribution in [0.25, 0.3) is 10.2 Å². The highest BCUT2D eigenvalue weighted by molar-refractivity contribution is 8.01. The molecule has 4 rings (SSSR count). The minimum atomic E-state index is -0.0372. The molecule has 0 radical (unpaired) electrons. The van der Waals surface area contributed by atoms with Crippen molar-refractivity contribution in [2.75, 3.05) is 26.5 Å².